The van der Waals surface area contributed by atoms with Crippen LogP contribution in [0.4, 0.5) is 0 Å². The molecular weight excluding hydrogens is 333 g/mol. The Morgan fingerprint density at radius 1 is 0.957 bits per heavy atom. The van der Waals surface area contributed by atoms with E-state index in [2.05, 4.69) is 15.5 Å². The summed E-state index contributed by atoms with van der Waals surface area (Å²) in [5, 5.41) is 12.8. The average Bonchev–Trinajstić information content (AvgIpc) is 3.02. The molecule has 0 aliphatic carbocycles. The number of halogens is 2. The number of nitrogens with zero attached hydrogens (tertiary/aromatic N) is 2. The van der Waals surface area contributed by atoms with Gasteiger partial charge in [0.2, 0.25) is 11.8 Å². The van der Waals surface area contributed by atoms with Crippen LogP contribution in [0.3, 0.4) is 0 Å². The van der Waals surface area contributed by atoms with Crippen molar-refractivity contribution >= 4 is 23.2 Å². The van der Waals surface area contributed by atoms with Gasteiger partial charge in [-0.05, 0) is 48.9 Å². The number of benzene rings is 2. The highest BCUT2D eigenvalue weighted by Crippen LogP contribution is 2.21. The van der Waals surface area contributed by atoms with E-state index in [1.54, 1.807) is 12.1 Å². The van der Waals surface area contributed by atoms with Crippen molar-refractivity contribution in [3.8, 4) is 11.5 Å². The molecule has 0 atom stereocenters. The first-order valence-electron chi connectivity index (χ1n) is 7.24. The highest BCUT2D eigenvalue weighted by molar-refractivity contribution is 6.31. The highest BCUT2D eigenvalue weighted by atomic mass is 35.5. The van der Waals surface area contributed by atoms with Gasteiger partial charge in [-0.15, -0.1) is 10.2 Å². The molecule has 118 valence electrons. The molecule has 0 fully saturated rings. The lowest BCUT2D eigenvalue weighted by molar-refractivity contribution is 0.478. The predicted molar refractivity (Wildman–Crippen MR) is 91.6 cm³/mol. The molecule has 1 aromatic heterocycles. The zero-order chi connectivity index (χ0) is 16.1. The molecule has 0 saturated heterocycles. The van der Waals surface area contributed by atoms with E-state index in [0.29, 0.717) is 23.3 Å². The number of aromatic nitrogens is 2. The van der Waals surface area contributed by atoms with Crippen molar-refractivity contribution < 1.29 is 4.42 Å². The van der Waals surface area contributed by atoms with Crippen molar-refractivity contribution in [3.63, 3.8) is 0 Å². The maximum atomic E-state index is 5.96. The lowest BCUT2D eigenvalue weighted by atomic mass is 10.1. The van der Waals surface area contributed by atoms with E-state index in [-0.39, 0.29) is 0 Å². The zero-order valence-electron chi connectivity index (χ0n) is 12.3. The van der Waals surface area contributed by atoms with Crippen molar-refractivity contribution in [2.75, 3.05) is 6.54 Å². The molecule has 4 nitrogen and oxygen atoms in total. The topological polar surface area (TPSA) is 51.0 Å². The molecular formula is C17H15Cl2N3O. The van der Waals surface area contributed by atoms with E-state index in [9.17, 15) is 0 Å². The van der Waals surface area contributed by atoms with Gasteiger partial charge >= 0.3 is 0 Å². The van der Waals surface area contributed by atoms with Crippen LogP contribution in [-0.2, 0) is 13.0 Å². The molecule has 0 bridgehead atoms. The highest BCUT2D eigenvalue weighted by Gasteiger charge is 2.08. The summed E-state index contributed by atoms with van der Waals surface area (Å²) in [4.78, 5) is 0. The van der Waals surface area contributed by atoms with E-state index >= 15 is 0 Å². The Labute approximate surface area is 144 Å². The minimum absolute atomic E-state index is 0.474. The van der Waals surface area contributed by atoms with Crippen LogP contribution in [0.2, 0.25) is 10.0 Å². The average molecular weight is 348 g/mol. The SMILES string of the molecule is Clc1ccc(CCNCc2nnc(-c3cccc(Cl)c3)o2)cc1. The Morgan fingerprint density at radius 3 is 2.57 bits per heavy atom. The van der Waals surface area contributed by atoms with Crippen molar-refractivity contribution in [1.29, 1.82) is 0 Å². The van der Waals surface area contributed by atoms with Crippen molar-refractivity contribution in [2.24, 2.45) is 0 Å². The van der Waals surface area contributed by atoms with Gasteiger partial charge in [0, 0.05) is 15.6 Å². The summed E-state index contributed by atoms with van der Waals surface area (Å²) in [7, 11) is 0. The maximum Gasteiger partial charge on any atom is 0.247 e. The Hall–Kier alpha value is -1.88. The van der Waals surface area contributed by atoms with E-state index in [0.717, 1.165) is 23.6 Å². The second-order valence-electron chi connectivity index (χ2n) is 5.06. The second kappa shape index (κ2) is 7.59. The van der Waals surface area contributed by atoms with Gasteiger partial charge in [-0.3, -0.25) is 0 Å². The van der Waals surface area contributed by atoms with Crippen LogP contribution in [0.1, 0.15) is 11.5 Å². The van der Waals surface area contributed by atoms with Gasteiger partial charge in [0.25, 0.3) is 0 Å². The van der Waals surface area contributed by atoms with Crippen molar-refractivity contribution in [2.45, 2.75) is 13.0 Å². The standard InChI is InChI=1S/C17H15Cl2N3O/c18-14-6-4-12(5-7-14)8-9-20-11-16-21-22-17(23-16)13-2-1-3-15(19)10-13/h1-7,10,20H,8-9,11H2. The van der Waals surface area contributed by atoms with Crippen LogP contribution in [-0.4, -0.2) is 16.7 Å². The van der Waals surface area contributed by atoms with Crippen LogP contribution < -0.4 is 5.32 Å². The fourth-order valence-corrected chi connectivity index (χ4v) is 2.46. The molecule has 0 aliphatic heterocycles. The minimum atomic E-state index is 0.474. The van der Waals surface area contributed by atoms with Crippen LogP contribution in [0.15, 0.2) is 52.9 Å². The summed E-state index contributed by atoms with van der Waals surface area (Å²) >= 11 is 11.8. The number of nitrogens with one attached hydrogen (secondary N) is 1. The number of hydrogen-bond acceptors (Lipinski definition) is 4. The Balaban J connectivity index is 1.50. The lowest BCUT2D eigenvalue weighted by Gasteiger charge is -2.02. The predicted octanol–water partition coefficient (Wildman–Crippen LogP) is 4.38. The van der Waals surface area contributed by atoms with Crippen LogP contribution in [0, 0.1) is 0 Å². The zero-order valence-corrected chi connectivity index (χ0v) is 13.8. The molecule has 0 unspecified atom stereocenters. The quantitative estimate of drug-likeness (QED) is 0.672. The Morgan fingerprint density at radius 2 is 1.78 bits per heavy atom. The molecule has 2 aromatic carbocycles. The van der Waals surface area contributed by atoms with E-state index in [4.69, 9.17) is 27.6 Å². The number of rotatable bonds is 6. The van der Waals surface area contributed by atoms with Gasteiger partial charge in [-0.25, -0.2) is 0 Å². The van der Waals surface area contributed by atoms with Crippen molar-refractivity contribution in [1.82, 2.24) is 15.5 Å². The van der Waals surface area contributed by atoms with Crippen molar-refractivity contribution in [3.05, 3.63) is 70.0 Å². The Bertz CT molecular complexity index is 772. The maximum absolute atomic E-state index is 5.96. The fraction of sp³-hybridized carbons (Fsp3) is 0.176. The molecule has 0 saturated carbocycles. The first-order chi connectivity index (χ1) is 11.2. The van der Waals surface area contributed by atoms with Crippen LogP contribution in [0.25, 0.3) is 11.5 Å². The first-order valence-corrected chi connectivity index (χ1v) is 8.00. The van der Waals surface area contributed by atoms with Gasteiger partial charge in [0.1, 0.15) is 0 Å². The molecule has 0 aliphatic rings. The molecule has 0 spiro atoms. The van der Waals surface area contributed by atoms with E-state index in [1.165, 1.54) is 5.56 Å². The molecule has 3 aromatic rings. The minimum Gasteiger partial charge on any atom is -0.419 e. The lowest BCUT2D eigenvalue weighted by Crippen LogP contribution is -2.16. The molecule has 6 heteroatoms. The Kier molecular flexibility index (Phi) is 5.28. The van der Waals surface area contributed by atoms with Gasteiger partial charge in [-0.2, -0.15) is 0 Å². The summed E-state index contributed by atoms with van der Waals surface area (Å²) in [6.07, 6.45) is 0.909. The van der Waals surface area contributed by atoms with Crippen LogP contribution >= 0.6 is 23.2 Å². The van der Waals surface area contributed by atoms with Gasteiger partial charge in [0.05, 0.1) is 6.54 Å². The second-order valence-corrected chi connectivity index (χ2v) is 5.94. The normalized spacial score (nSPS) is 10.9. The summed E-state index contributed by atoms with van der Waals surface area (Å²) in [6, 6.07) is 15.2. The van der Waals surface area contributed by atoms with Gasteiger partial charge in [-0.1, -0.05) is 41.4 Å². The summed E-state index contributed by atoms with van der Waals surface area (Å²) < 4.78 is 5.63. The molecule has 1 N–H and O–H groups in total. The molecule has 0 radical (unpaired) electrons. The van der Waals surface area contributed by atoms with E-state index < -0.39 is 0 Å². The third kappa shape index (κ3) is 4.55. The molecule has 0 amide bonds. The first kappa shape index (κ1) is 16.0. The monoisotopic (exact) mass is 347 g/mol. The van der Waals surface area contributed by atoms with E-state index in [1.807, 2.05) is 36.4 Å². The third-order valence-corrected chi connectivity index (χ3v) is 3.81. The largest absolute Gasteiger partial charge is 0.419 e. The van der Waals surface area contributed by atoms with Gasteiger partial charge in [0.15, 0.2) is 0 Å². The molecule has 3 rings (SSSR count). The fourth-order valence-electron chi connectivity index (χ4n) is 2.14. The number of hydrogen-bond donors (Lipinski definition) is 1. The smallest absolute Gasteiger partial charge is 0.247 e. The van der Waals surface area contributed by atoms with Crippen LogP contribution in [0.5, 0.6) is 0 Å². The third-order valence-electron chi connectivity index (χ3n) is 3.32. The summed E-state index contributed by atoms with van der Waals surface area (Å²) in [5.74, 6) is 1.03. The summed E-state index contributed by atoms with van der Waals surface area (Å²) in [6.45, 7) is 1.34. The molecule has 23 heavy (non-hydrogen) atoms. The van der Waals surface area contributed by atoms with Gasteiger partial charge < -0.3 is 9.73 Å². The molecule has 1 heterocycles. The summed E-state index contributed by atoms with van der Waals surface area (Å²) in [5.41, 5.74) is 2.05.